The first-order chi connectivity index (χ1) is 10.7. The Morgan fingerprint density at radius 2 is 2.09 bits per heavy atom. The molecule has 1 atom stereocenters. The van der Waals surface area contributed by atoms with Gasteiger partial charge in [-0.3, -0.25) is 4.79 Å². The van der Waals surface area contributed by atoms with Gasteiger partial charge in [-0.1, -0.05) is 0 Å². The fraction of sp³-hybridized carbons (Fsp3) is 0.800. The van der Waals surface area contributed by atoms with Gasteiger partial charge in [0.1, 0.15) is 12.4 Å². The topological polar surface area (TPSA) is 74.5 Å². The second-order valence-corrected chi connectivity index (χ2v) is 6.32. The minimum atomic E-state index is -0.0724. The van der Waals surface area contributed by atoms with Gasteiger partial charge in [0.25, 0.3) is 0 Å². The molecule has 1 aromatic heterocycles. The molecular formula is C15H25N5O2. The molecule has 3 heterocycles. The highest BCUT2D eigenvalue weighted by atomic mass is 16.3. The molecule has 1 amide bonds. The van der Waals surface area contributed by atoms with E-state index in [1.54, 1.807) is 0 Å². The maximum atomic E-state index is 11.7. The Morgan fingerprint density at radius 1 is 1.23 bits per heavy atom. The monoisotopic (exact) mass is 307 g/mol. The Labute approximate surface area is 130 Å². The molecule has 22 heavy (non-hydrogen) atoms. The van der Waals surface area contributed by atoms with Gasteiger partial charge >= 0.3 is 0 Å². The number of hydrogen-bond donors (Lipinski definition) is 1. The highest BCUT2D eigenvalue weighted by Crippen LogP contribution is 2.25. The second kappa shape index (κ2) is 6.75. The van der Waals surface area contributed by atoms with Gasteiger partial charge in [0.15, 0.2) is 5.82 Å². The first-order valence-corrected chi connectivity index (χ1v) is 8.18. The third-order valence-electron chi connectivity index (χ3n) is 4.87. The van der Waals surface area contributed by atoms with Crippen LogP contribution < -0.4 is 0 Å². The van der Waals surface area contributed by atoms with E-state index in [4.69, 9.17) is 0 Å². The Balaban J connectivity index is 1.57. The number of likely N-dealkylation sites (tertiary alicyclic amines) is 2. The molecule has 1 unspecified atom stereocenters. The summed E-state index contributed by atoms with van der Waals surface area (Å²) in [6.45, 7) is 4.66. The summed E-state index contributed by atoms with van der Waals surface area (Å²) in [6, 6.07) is 0. The summed E-state index contributed by atoms with van der Waals surface area (Å²) in [5, 5.41) is 17.5. The first kappa shape index (κ1) is 15.4. The van der Waals surface area contributed by atoms with Crippen molar-refractivity contribution in [3.8, 4) is 0 Å². The van der Waals surface area contributed by atoms with Crippen molar-refractivity contribution in [3.05, 3.63) is 11.6 Å². The van der Waals surface area contributed by atoms with E-state index in [0.29, 0.717) is 24.1 Å². The van der Waals surface area contributed by atoms with Crippen LogP contribution in [0.3, 0.4) is 0 Å². The number of aliphatic hydroxyl groups excluding tert-OH is 1. The summed E-state index contributed by atoms with van der Waals surface area (Å²) in [6.07, 6.45) is 3.96. The van der Waals surface area contributed by atoms with Crippen LogP contribution in [0.25, 0.3) is 0 Å². The van der Waals surface area contributed by atoms with Crippen LogP contribution >= 0.6 is 0 Å². The fourth-order valence-electron chi connectivity index (χ4n) is 3.54. The van der Waals surface area contributed by atoms with Crippen molar-refractivity contribution in [2.24, 2.45) is 7.05 Å². The van der Waals surface area contributed by atoms with Crippen molar-refractivity contribution >= 4 is 5.91 Å². The zero-order valence-corrected chi connectivity index (χ0v) is 13.2. The molecule has 1 aromatic rings. The molecule has 0 spiro atoms. The van der Waals surface area contributed by atoms with Crippen LogP contribution in [0.5, 0.6) is 0 Å². The van der Waals surface area contributed by atoms with Crippen LogP contribution in [-0.4, -0.2) is 68.3 Å². The molecule has 122 valence electrons. The third kappa shape index (κ3) is 3.15. The number of nitrogens with zero attached hydrogens (tertiary/aromatic N) is 5. The molecule has 0 saturated carbocycles. The summed E-state index contributed by atoms with van der Waals surface area (Å²) in [5.41, 5.74) is 0. The summed E-state index contributed by atoms with van der Waals surface area (Å²) in [7, 11) is 1.92. The third-order valence-corrected chi connectivity index (χ3v) is 4.87. The largest absolute Gasteiger partial charge is 0.388 e. The Morgan fingerprint density at radius 3 is 2.77 bits per heavy atom. The van der Waals surface area contributed by atoms with Gasteiger partial charge in [0, 0.05) is 45.6 Å². The average molecular weight is 307 g/mol. The molecule has 3 rings (SSSR count). The maximum absolute atomic E-state index is 11.7. The van der Waals surface area contributed by atoms with Crippen LogP contribution in [0, 0.1) is 0 Å². The average Bonchev–Trinajstić information content (AvgIpc) is 3.11. The first-order valence-electron chi connectivity index (χ1n) is 8.18. The lowest BCUT2D eigenvalue weighted by molar-refractivity contribution is -0.127. The van der Waals surface area contributed by atoms with Crippen LogP contribution in [0.1, 0.15) is 43.3 Å². The van der Waals surface area contributed by atoms with Crippen molar-refractivity contribution in [3.63, 3.8) is 0 Å². The number of aromatic nitrogens is 3. The Kier molecular flexibility index (Phi) is 4.73. The molecule has 1 N–H and O–H groups in total. The summed E-state index contributed by atoms with van der Waals surface area (Å²) in [4.78, 5) is 16.1. The van der Waals surface area contributed by atoms with Gasteiger partial charge in [0.05, 0.1) is 0 Å². The summed E-state index contributed by atoms with van der Waals surface area (Å²) >= 11 is 0. The summed E-state index contributed by atoms with van der Waals surface area (Å²) in [5.74, 6) is 2.25. The van der Waals surface area contributed by atoms with Crippen LogP contribution in [0.15, 0.2) is 0 Å². The molecule has 0 bridgehead atoms. The van der Waals surface area contributed by atoms with E-state index in [1.165, 1.54) is 0 Å². The standard InChI is InChI=1S/C15H25N5O2/c1-18-13(11-21)16-17-15(18)12-4-2-6-19(10-12)8-9-20-7-3-5-14(20)22/h12,21H,2-11H2,1H3. The van der Waals surface area contributed by atoms with E-state index in [9.17, 15) is 9.90 Å². The molecule has 0 radical (unpaired) electrons. The molecule has 7 nitrogen and oxygen atoms in total. The SMILES string of the molecule is Cn1c(CO)nnc1C1CCCN(CCN2CCCC2=O)C1. The smallest absolute Gasteiger partial charge is 0.222 e. The number of rotatable bonds is 5. The highest BCUT2D eigenvalue weighted by molar-refractivity contribution is 5.78. The molecular weight excluding hydrogens is 282 g/mol. The van der Waals surface area contributed by atoms with Crippen molar-refractivity contribution < 1.29 is 9.90 Å². The number of amides is 1. The van der Waals surface area contributed by atoms with Crippen molar-refractivity contribution in [1.82, 2.24) is 24.6 Å². The molecule has 2 saturated heterocycles. The quantitative estimate of drug-likeness (QED) is 0.836. The van der Waals surface area contributed by atoms with Gasteiger partial charge in [-0.25, -0.2) is 0 Å². The normalized spacial score (nSPS) is 23.5. The van der Waals surface area contributed by atoms with E-state index in [2.05, 4.69) is 15.1 Å². The van der Waals surface area contributed by atoms with Gasteiger partial charge in [-0.05, 0) is 25.8 Å². The molecule has 0 aliphatic carbocycles. The fourth-order valence-corrected chi connectivity index (χ4v) is 3.54. The van der Waals surface area contributed by atoms with E-state index < -0.39 is 0 Å². The number of aliphatic hydroxyl groups is 1. The zero-order valence-electron chi connectivity index (χ0n) is 13.2. The molecule has 7 heteroatoms. The minimum absolute atomic E-state index is 0.0724. The van der Waals surface area contributed by atoms with Crippen molar-refractivity contribution in [2.75, 3.05) is 32.7 Å². The number of carbonyl (C=O) groups is 1. The van der Waals surface area contributed by atoms with E-state index in [0.717, 1.165) is 57.8 Å². The molecule has 2 fully saturated rings. The van der Waals surface area contributed by atoms with E-state index in [-0.39, 0.29) is 6.61 Å². The highest BCUT2D eigenvalue weighted by Gasteiger charge is 2.27. The van der Waals surface area contributed by atoms with Gasteiger partial charge in [-0.15, -0.1) is 10.2 Å². The Bertz CT molecular complexity index is 530. The van der Waals surface area contributed by atoms with Gasteiger partial charge in [-0.2, -0.15) is 0 Å². The van der Waals surface area contributed by atoms with Crippen LogP contribution in [-0.2, 0) is 18.4 Å². The van der Waals surface area contributed by atoms with Gasteiger partial charge < -0.3 is 19.5 Å². The van der Waals surface area contributed by atoms with E-state index in [1.807, 2.05) is 16.5 Å². The Hall–Kier alpha value is -1.47. The van der Waals surface area contributed by atoms with E-state index >= 15 is 0 Å². The number of piperidine rings is 1. The number of hydrogen-bond acceptors (Lipinski definition) is 5. The zero-order chi connectivity index (χ0) is 15.5. The molecule has 2 aliphatic rings. The predicted molar refractivity (Wildman–Crippen MR) is 81.2 cm³/mol. The lowest BCUT2D eigenvalue weighted by Crippen LogP contribution is -2.41. The van der Waals surface area contributed by atoms with Crippen molar-refractivity contribution in [1.29, 1.82) is 0 Å². The number of carbonyl (C=O) groups excluding carboxylic acids is 1. The predicted octanol–water partition coefficient (Wildman–Crippen LogP) is 0.109. The van der Waals surface area contributed by atoms with Crippen LogP contribution in [0.4, 0.5) is 0 Å². The van der Waals surface area contributed by atoms with Crippen molar-refractivity contribution in [2.45, 2.75) is 38.2 Å². The summed E-state index contributed by atoms with van der Waals surface area (Å²) < 4.78 is 1.91. The minimum Gasteiger partial charge on any atom is -0.388 e. The lowest BCUT2D eigenvalue weighted by Gasteiger charge is -2.33. The lowest BCUT2D eigenvalue weighted by atomic mass is 9.97. The maximum Gasteiger partial charge on any atom is 0.222 e. The van der Waals surface area contributed by atoms with Crippen LogP contribution in [0.2, 0.25) is 0 Å². The second-order valence-electron chi connectivity index (χ2n) is 6.32. The van der Waals surface area contributed by atoms with Gasteiger partial charge in [0.2, 0.25) is 5.91 Å². The molecule has 0 aromatic carbocycles. The molecule has 2 aliphatic heterocycles.